The predicted octanol–water partition coefficient (Wildman–Crippen LogP) is 0.928. The highest BCUT2D eigenvalue weighted by atomic mass is 19.1. The van der Waals surface area contributed by atoms with Crippen LogP contribution in [0, 0.1) is 5.82 Å². The quantitative estimate of drug-likeness (QED) is 0.674. The molecule has 3 N–H and O–H groups in total. The molecule has 0 saturated heterocycles. The Bertz CT molecular complexity index is 341. The van der Waals surface area contributed by atoms with E-state index in [0.717, 1.165) is 12.1 Å². The van der Waals surface area contributed by atoms with Gasteiger partial charge in [0.1, 0.15) is 5.82 Å². The lowest BCUT2D eigenvalue weighted by Crippen LogP contribution is -2.10. The molecule has 0 aliphatic heterocycles. The van der Waals surface area contributed by atoms with Gasteiger partial charge in [0.15, 0.2) is 0 Å². The van der Waals surface area contributed by atoms with Gasteiger partial charge in [0, 0.05) is 12.2 Å². The molecule has 0 atom stereocenters. The number of rotatable bonds is 4. The van der Waals surface area contributed by atoms with Gasteiger partial charge in [-0.25, -0.2) is 9.18 Å². The van der Waals surface area contributed by atoms with Crippen molar-refractivity contribution < 1.29 is 19.4 Å². The Labute approximate surface area is 80.0 Å². The minimum atomic E-state index is -1.20. The van der Waals surface area contributed by atoms with Gasteiger partial charge in [0.25, 0.3) is 0 Å². The maximum atomic E-state index is 12.7. The van der Waals surface area contributed by atoms with E-state index in [1.165, 1.54) is 6.07 Å². The molecular weight excluding hydrogens is 189 g/mol. The smallest absolute Gasteiger partial charge is 0.337 e. The maximum Gasteiger partial charge on any atom is 0.337 e. The molecule has 76 valence electrons. The van der Waals surface area contributed by atoms with Crippen molar-refractivity contribution in [2.75, 3.05) is 18.5 Å². The van der Waals surface area contributed by atoms with Crippen LogP contribution >= 0.6 is 0 Å². The van der Waals surface area contributed by atoms with E-state index in [1.54, 1.807) is 0 Å². The highest BCUT2D eigenvalue weighted by Gasteiger charge is 2.10. The van der Waals surface area contributed by atoms with Crippen molar-refractivity contribution in [2.45, 2.75) is 0 Å². The summed E-state index contributed by atoms with van der Waals surface area (Å²) in [5.74, 6) is -1.80. The average molecular weight is 199 g/mol. The van der Waals surface area contributed by atoms with Gasteiger partial charge in [0.2, 0.25) is 0 Å². The Morgan fingerprint density at radius 2 is 2.21 bits per heavy atom. The number of carboxylic acid groups (broad SMARTS) is 1. The van der Waals surface area contributed by atoms with E-state index in [-0.39, 0.29) is 18.7 Å². The van der Waals surface area contributed by atoms with Gasteiger partial charge in [-0.15, -0.1) is 0 Å². The molecule has 0 aliphatic carbocycles. The first-order valence-corrected chi connectivity index (χ1v) is 4.02. The number of carbonyl (C=O) groups is 1. The lowest BCUT2D eigenvalue weighted by molar-refractivity contribution is 0.0697. The number of aliphatic hydroxyl groups excluding tert-OH is 1. The molecule has 1 aromatic carbocycles. The summed E-state index contributed by atoms with van der Waals surface area (Å²) in [5.41, 5.74) is 0.159. The fourth-order valence-electron chi connectivity index (χ4n) is 1.04. The number of anilines is 1. The number of nitrogens with one attached hydrogen (secondary N) is 1. The summed E-state index contributed by atoms with van der Waals surface area (Å²) >= 11 is 0. The van der Waals surface area contributed by atoms with E-state index in [9.17, 15) is 9.18 Å². The van der Waals surface area contributed by atoms with E-state index < -0.39 is 11.8 Å². The van der Waals surface area contributed by atoms with E-state index in [1.807, 2.05) is 0 Å². The van der Waals surface area contributed by atoms with Crippen LogP contribution in [0.15, 0.2) is 18.2 Å². The first-order valence-electron chi connectivity index (χ1n) is 4.02. The Hall–Kier alpha value is -1.62. The molecule has 0 heterocycles. The van der Waals surface area contributed by atoms with Crippen LogP contribution in [-0.4, -0.2) is 29.3 Å². The molecule has 0 amide bonds. The van der Waals surface area contributed by atoms with Crippen LogP contribution in [0.3, 0.4) is 0 Å². The summed E-state index contributed by atoms with van der Waals surface area (Å²) in [6.07, 6.45) is 0. The Kier molecular flexibility index (Phi) is 3.41. The van der Waals surface area contributed by atoms with E-state index in [0.29, 0.717) is 5.69 Å². The zero-order chi connectivity index (χ0) is 10.6. The standard InChI is InChI=1S/C9H10FNO3/c10-6-1-2-8(11-3-4-12)7(5-6)9(13)14/h1-2,5,11-12H,3-4H2,(H,13,14). The highest BCUT2D eigenvalue weighted by Crippen LogP contribution is 2.16. The molecular formula is C9H10FNO3. The van der Waals surface area contributed by atoms with Crippen LogP contribution < -0.4 is 5.32 Å². The van der Waals surface area contributed by atoms with Gasteiger partial charge >= 0.3 is 5.97 Å². The summed E-state index contributed by atoms with van der Waals surface area (Å²) < 4.78 is 12.7. The van der Waals surface area contributed by atoms with Crippen molar-refractivity contribution >= 4 is 11.7 Å². The lowest BCUT2D eigenvalue weighted by Gasteiger charge is -2.07. The largest absolute Gasteiger partial charge is 0.478 e. The molecule has 0 fully saturated rings. The zero-order valence-electron chi connectivity index (χ0n) is 7.33. The van der Waals surface area contributed by atoms with Crippen LogP contribution in [0.1, 0.15) is 10.4 Å². The van der Waals surface area contributed by atoms with Crippen LogP contribution in [0.4, 0.5) is 10.1 Å². The SMILES string of the molecule is O=C(O)c1cc(F)ccc1NCCO. The average Bonchev–Trinajstić information content (AvgIpc) is 2.15. The number of hydrogen-bond donors (Lipinski definition) is 3. The fraction of sp³-hybridized carbons (Fsp3) is 0.222. The van der Waals surface area contributed by atoms with Crippen LogP contribution in [-0.2, 0) is 0 Å². The molecule has 0 aromatic heterocycles. The van der Waals surface area contributed by atoms with E-state index in [2.05, 4.69) is 5.32 Å². The molecule has 0 bridgehead atoms. The second kappa shape index (κ2) is 4.57. The summed E-state index contributed by atoms with van der Waals surface area (Å²) in [4.78, 5) is 10.7. The Morgan fingerprint density at radius 3 is 2.79 bits per heavy atom. The minimum Gasteiger partial charge on any atom is -0.478 e. The molecule has 1 aromatic rings. The Balaban J connectivity index is 2.96. The number of aliphatic hydroxyl groups is 1. The molecule has 14 heavy (non-hydrogen) atoms. The summed E-state index contributed by atoms with van der Waals surface area (Å²) in [6.45, 7) is 0.113. The van der Waals surface area contributed by atoms with Crippen molar-refractivity contribution in [3.8, 4) is 0 Å². The summed E-state index contributed by atoms with van der Waals surface area (Å²) in [6, 6.07) is 3.42. The van der Waals surface area contributed by atoms with E-state index in [4.69, 9.17) is 10.2 Å². The number of halogens is 1. The van der Waals surface area contributed by atoms with Gasteiger partial charge in [-0.3, -0.25) is 0 Å². The number of hydrogen-bond acceptors (Lipinski definition) is 3. The van der Waals surface area contributed by atoms with Crippen LogP contribution in [0.25, 0.3) is 0 Å². The molecule has 0 spiro atoms. The van der Waals surface area contributed by atoms with Crippen molar-refractivity contribution in [1.82, 2.24) is 0 Å². The van der Waals surface area contributed by atoms with Crippen molar-refractivity contribution in [3.05, 3.63) is 29.6 Å². The third kappa shape index (κ3) is 2.43. The van der Waals surface area contributed by atoms with Crippen molar-refractivity contribution in [1.29, 1.82) is 0 Å². The second-order valence-corrected chi connectivity index (χ2v) is 2.65. The van der Waals surface area contributed by atoms with Gasteiger partial charge in [-0.2, -0.15) is 0 Å². The lowest BCUT2D eigenvalue weighted by atomic mass is 10.1. The molecule has 1 rings (SSSR count). The zero-order valence-corrected chi connectivity index (χ0v) is 7.33. The van der Waals surface area contributed by atoms with Gasteiger partial charge in [-0.05, 0) is 18.2 Å². The monoisotopic (exact) mass is 199 g/mol. The normalized spacial score (nSPS) is 9.86. The van der Waals surface area contributed by atoms with Crippen LogP contribution in [0.5, 0.6) is 0 Å². The summed E-state index contributed by atoms with van der Waals surface area (Å²) in [5, 5.41) is 19.9. The highest BCUT2D eigenvalue weighted by molar-refractivity contribution is 5.94. The van der Waals surface area contributed by atoms with Crippen molar-refractivity contribution in [3.63, 3.8) is 0 Å². The first kappa shape index (κ1) is 10.5. The molecule has 0 radical (unpaired) electrons. The topological polar surface area (TPSA) is 69.6 Å². The molecule has 0 saturated carbocycles. The molecule has 5 heteroatoms. The van der Waals surface area contributed by atoms with Crippen LogP contribution in [0.2, 0.25) is 0 Å². The fourth-order valence-corrected chi connectivity index (χ4v) is 1.04. The van der Waals surface area contributed by atoms with Gasteiger partial charge in [0.05, 0.1) is 12.2 Å². The van der Waals surface area contributed by atoms with Gasteiger partial charge < -0.3 is 15.5 Å². The third-order valence-corrected chi connectivity index (χ3v) is 1.64. The first-order chi connectivity index (χ1) is 6.65. The molecule has 4 nitrogen and oxygen atoms in total. The summed E-state index contributed by atoms with van der Waals surface area (Å²) in [7, 11) is 0. The van der Waals surface area contributed by atoms with E-state index >= 15 is 0 Å². The Morgan fingerprint density at radius 1 is 1.50 bits per heavy atom. The second-order valence-electron chi connectivity index (χ2n) is 2.65. The maximum absolute atomic E-state index is 12.7. The molecule has 0 unspecified atom stereocenters. The van der Waals surface area contributed by atoms with Gasteiger partial charge in [-0.1, -0.05) is 0 Å². The number of benzene rings is 1. The third-order valence-electron chi connectivity index (χ3n) is 1.64. The molecule has 0 aliphatic rings. The van der Waals surface area contributed by atoms with Crippen molar-refractivity contribution in [2.24, 2.45) is 0 Å². The predicted molar refractivity (Wildman–Crippen MR) is 48.9 cm³/mol. The number of carboxylic acids is 1. The minimum absolute atomic E-state index is 0.115. The number of aromatic carboxylic acids is 1.